The van der Waals surface area contributed by atoms with Gasteiger partial charge in [-0.15, -0.1) is 0 Å². The molecule has 1 N–H and O–H groups in total. The highest BCUT2D eigenvalue weighted by Crippen LogP contribution is 2.22. The standard InChI is InChI=1S/C21H17N4/c1-2-6-17(7-3-1)8-5-13-22-19-10-4-9-18(16-19)20-11-14-23-21-12-15-24-25(20)21/h1-11,14-16,22H,13H2/b8-5+. The molecular formula is C21H17N4. The first-order valence-electron chi connectivity index (χ1n) is 8.16. The molecule has 2 heterocycles. The quantitative estimate of drug-likeness (QED) is 0.594. The molecule has 25 heavy (non-hydrogen) atoms. The smallest absolute Gasteiger partial charge is 0.163 e. The van der Waals surface area contributed by atoms with Crippen LogP contribution in [-0.4, -0.2) is 21.1 Å². The van der Waals surface area contributed by atoms with E-state index in [0.29, 0.717) is 0 Å². The second-order valence-electron chi connectivity index (χ2n) is 5.63. The first-order chi connectivity index (χ1) is 12.4. The van der Waals surface area contributed by atoms with Gasteiger partial charge < -0.3 is 5.32 Å². The SMILES string of the molecule is [c]1cnn2c(-c3cccc(NC/C=C/c4ccccc4)c3)ccnc12. The summed E-state index contributed by atoms with van der Waals surface area (Å²) in [6.45, 7) is 0.764. The van der Waals surface area contributed by atoms with E-state index in [1.54, 1.807) is 16.9 Å². The van der Waals surface area contributed by atoms with Gasteiger partial charge in [0.05, 0.1) is 18.0 Å². The summed E-state index contributed by atoms with van der Waals surface area (Å²) in [5.41, 5.74) is 5.07. The van der Waals surface area contributed by atoms with Crippen LogP contribution < -0.4 is 5.32 Å². The minimum Gasteiger partial charge on any atom is -0.382 e. The molecule has 0 unspecified atom stereocenters. The van der Waals surface area contributed by atoms with Gasteiger partial charge in [0.2, 0.25) is 0 Å². The predicted octanol–water partition coefficient (Wildman–Crippen LogP) is 4.32. The number of hydrogen-bond donors (Lipinski definition) is 1. The van der Waals surface area contributed by atoms with Crippen LogP contribution in [-0.2, 0) is 0 Å². The normalized spacial score (nSPS) is 11.2. The molecule has 1 radical (unpaired) electrons. The Balaban J connectivity index is 1.50. The van der Waals surface area contributed by atoms with Gasteiger partial charge in [0, 0.05) is 24.0 Å². The van der Waals surface area contributed by atoms with E-state index in [0.717, 1.165) is 29.1 Å². The number of nitrogens with one attached hydrogen (secondary N) is 1. The predicted molar refractivity (Wildman–Crippen MR) is 101 cm³/mol. The van der Waals surface area contributed by atoms with Gasteiger partial charge in [0.15, 0.2) is 5.65 Å². The molecule has 0 atom stereocenters. The van der Waals surface area contributed by atoms with E-state index >= 15 is 0 Å². The fraction of sp³-hybridized carbons (Fsp3) is 0.0476. The molecule has 0 bridgehead atoms. The highest BCUT2D eigenvalue weighted by molar-refractivity contribution is 5.67. The Labute approximate surface area is 146 Å². The van der Waals surface area contributed by atoms with Gasteiger partial charge in [0.1, 0.15) is 0 Å². The molecule has 2 aromatic carbocycles. The Kier molecular flexibility index (Phi) is 4.25. The van der Waals surface area contributed by atoms with E-state index in [1.165, 1.54) is 5.56 Å². The Hall–Kier alpha value is -3.40. The molecule has 0 saturated carbocycles. The summed E-state index contributed by atoms with van der Waals surface area (Å²) < 4.78 is 1.80. The van der Waals surface area contributed by atoms with Gasteiger partial charge in [-0.25, -0.2) is 9.50 Å². The summed E-state index contributed by atoms with van der Waals surface area (Å²) in [4.78, 5) is 4.26. The van der Waals surface area contributed by atoms with Crippen molar-refractivity contribution in [3.8, 4) is 11.3 Å². The van der Waals surface area contributed by atoms with E-state index in [-0.39, 0.29) is 0 Å². The van der Waals surface area contributed by atoms with E-state index < -0.39 is 0 Å². The summed E-state index contributed by atoms with van der Waals surface area (Å²) >= 11 is 0. The molecule has 0 saturated heterocycles. The minimum atomic E-state index is 0.724. The lowest BCUT2D eigenvalue weighted by molar-refractivity contribution is 0.948. The Morgan fingerprint density at radius 3 is 2.88 bits per heavy atom. The van der Waals surface area contributed by atoms with E-state index in [4.69, 9.17) is 0 Å². The number of hydrogen-bond acceptors (Lipinski definition) is 3. The van der Waals surface area contributed by atoms with Crippen molar-refractivity contribution in [3.05, 3.63) is 90.8 Å². The highest BCUT2D eigenvalue weighted by atomic mass is 15.2. The molecule has 4 nitrogen and oxygen atoms in total. The first-order valence-corrected chi connectivity index (χ1v) is 8.16. The number of rotatable bonds is 5. The van der Waals surface area contributed by atoms with Crippen LogP contribution in [0.15, 0.2) is 79.1 Å². The number of benzene rings is 2. The third kappa shape index (κ3) is 3.43. The number of anilines is 1. The number of fused-ring (bicyclic) bond motifs is 1. The summed E-state index contributed by atoms with van der Waals surface area (Å²) in [6, 6.07) is 23.6. The lowest BCUT2D eigenvalue weighted by Gasteiger charge is -2.08. The minimum absolute atomic E-state index is 0.724. The Morgan fingerprint density at radius 2 is 1.96 bits per heavy atom. The average molecular weight is 325 g/mol. The van der Waals surface area contributed by atoms with Crippen molar-refractivity contribution in [2.75, 3.05) is 11.9 Å². The van der Waals surface area contributed by atoms with Gasteiger partial charge in [0.25, 0.3) is 0 Å². The molecule has 4 rings (SSSR count). The molecule has 0 aliphatic heterocycles. The maximum atomic E-state index is 4.30. The van der Waals surface area contributed by atoms with Gasteiger partial charge >= 0.3 is 0 Å². The zero-order valence-electron chi connectivity index (χ0n) is 13.6. The second kappa shape index (κ2) is 7.01. The Bertz CT molecular complexity index is 1000. The van der Waals surface area contributed by atoms with Crippen molar-refractivity contribution in [3.63, 3.8) is 0 Å². The van der Waals surface area contributed by atoms with Crippen molar-refractivity contribution in [1.29, 1.82) is 0 Å². The van der Waals surface area contributed by atoms with Crippen molar-refractivity contribution < 1.29 is 0 Å². The van der Waals surface area contributed by atoms with Crippen LogP contribution in [0.25, 0.3) is 23.0 Å². The van der Waals surface area contributed by atoms with Crippen LogP contribution in [0.3, 0.4) is 0 Å². The number of nitrogens with zero attached hydrogens (tertiary/aromatic N) is 3. The first kappa shape index (κ1) is 15.1. The van der Waals surface area contributed by atoms with Crippen LogP contribution in [0.2, 0.25) is 0 Å². The van der Waals surface area contributed by atoms with Crippen LogP contribution in [0.5, 0.6) is 0 Å². The highest BCUT2D eigenvalue weighted by Gasteiger charge is 2.05. The van der Waals surface area contributed by atoms with Crippen LogP contribution in [0.1, 0.15) is 5.56 Å². The Morgan fingerprint density at radius 1 is 1.04 bits per heavy atom. The molecule has 0 spiro atoms. The summed E-state index contributed by atoms with van der Waals surface area (Å²) in [7, 11) is 0. The molecular weight excluding hydrogens is 308 g/mol. The summed E-state index contributed by atoms with van der Waals surface area (Å²) in [6.07, 6.45) is 7.66. The zero-order chi connectivity index (χ0) is 16.9. The van der Waals surface area contributed by atoms with Gasteiger partial charge in [-0.05, 0) is 23.8 Å². The third-order valence-corrected chi connectivity index (χ3v) is 3.92. The fourth-order valence-corrected chi connectivity index (χ4v) is 2.72. The lowest BCUT2D eigenvalue weighted by Crippen LogP contribution is -1.99. The van der Waals surface area contributed by atoms with Crippen LogP contribution in [0, 0.1) is 6.07 Å². The van der Waals surface area contributed by atoms with E-state index in [2.05, 4.69) is 63.9 Å². The topological polar surface area (TPSA) is 42.2 Å². The van der Waals surface area contributed by atoms with Crippen molar-refractivity contribution in [1.82, 2.24) is 14.6 Å². The van der Waals surface area contributed by atoms with Gasteiger partial charge in [-0.1, -0.05) is 54.6 Å². The lowest BCUT2D eigenvalue weighted by atomic mass is 10.1. The third-order valence-electron chi connectivity index (χ3n) is 3.92. The molecule has 121 valence electrons. The van der Waals surface area contributed by atoms with Gasteiger partial charge in [-0.2, -0.15) is 5.10 Å². The summed E-state index contributed by atoms with van der Waals surface area (Å²) in [5.74, 6) is 0. The van der Waals surface area contributed by atoms with E-state index in [1.807, 2.05) is 30.3 Å². The largest absolute Gasteiger partial charge is 0.382 e. The second-order valence-corrected chi connectivity index (χ2v) is 5.63. The summed E-state index contributed by atoms with van der Waals surface area (Å²) in [5, 5.41) is 7.73. The van der Waals surface area contributed by atoms with Crippen molar-refractivity contribution in [2.45, 2.75) is 0 Å². The maximum absolute atomic E-state index is 4.30. The molecule has 4 heteroatoms. The van der Waals surface area contributed by atoms with Crippen molar-refractivity contribution in [2.24, 2.45) is 0 Å². The van der Waals surface area contributed by atoms with Gasteiger partial charge in [-0.3, -0.25) is 0 Å². The molecule has 0 aliphatic rings. The fourth-order valence-electron chi connectivity index (χ4n) is 2.72. The maximum Gasteiger partial charge on any atom is 0.163 e. The average Bonchev–Trinajstić information content (AvgIpc) is 3.15. The van der Waals surface area contributed by atoms with Crippen molar-refractivity contribution >= 4 is 17.4 Å². The molecule has 0 amide bonds. The molecule has 0 fully saturated rings. The number of aromatic nitrogens is 3. The van der Waals surface area contributed by atoms with E-state index in [9.17, 15) is 0 Å². The van der Waals surface area contributed by atoms with Crippen LogP contribution >= 0.6 is 0 Å². The monoisotopic (exact) mass is 325 g/mol. The molecule has 0 aliphatic carbocycles. The zero-order valence-corrected chi connectivity index (χ0v) is 13.6. The molecule has 4 aromatic rings. The molecule has 2 aromatic heterocycles. The van der Waals surface area contributed by atoms with Crippen LogP contribution in [0.4, 0.5) is 5.69 Å².